The first-order chi connectivity index (χ1) is 4.84. The van der Waals surface area contributed by atoms with E-state index in [9.17, 15) is 0 Å². The van der Waals surface area contributed by atoms with Crippen molar-refractivity contribution in [1.82, 2.24) is 0 Å². The van der Waals surface area contributed by atoms with Gasteiger partial charge >= 0.3 is 0 Å². The van der Waals surface area contributed by atoms with Crippen LogP contribution in [0, 0.1) is 6.57 Å². The van der Waals surface area contributed by atoms with Crippen molar-refractivity contribution in [2.45, 2.75) is 13.0 Å². The van der Waals surface area contributed by atoms with E-state index in [0.29, 0.717) is 0 Å². The zero-order valence-corrected chi connectivity index (χ0v) is 5.91. The van der Waals surface area contributed by atoms with Crippen LogP contribution in [-0.4, -0.2) is 0 Å². The van der Waals surface area contributed by atoms with E-state index >= 15 is 0 Å². The van der Waals surface area contributed by atoms with Crippen molar-refractivity contribution in [2.75, 3.05) is 0 Å². The van der Waals surface area contributed by atoms with Crippen LogP contribution in [0.1, 0.15) is 18.5 Å². The van der Waals surface area contributed by atoms with E-state index in [-0.39, 0.29) is 6.04 Å². The van der Waals surface area contributed by atoms with Gasteiger partial charge in [0.25, 0.3) is 0 Å². The zero-order valence-electron chi connectivity index (χ0n) is 5.91. The Morgan fingerprint density at radius 3 is 2.40 bits per heavy atom. The normalized spacial score (nSPS) is 12.0. The van der Waals surface area contributed by atoms with Crippen LogP contribution in [0.4, 0.5) is 0 Å². The molecule has 1 aromatic carbocycles. The van der Waals surface area contributed by atoms with Gasteiger partial charge in [0.05, 0.1) is 0 Å². The Bertz CT molecular complexity index is 233. The molecule has 10 heavy (non-hydrogen) atoms. The van der Waals surface area contributed by atoms with Gasteiger partial charge in [-0.15, -0.1) is 0 Å². The van der Waals surface area contributed by atoms with Gasteiger partial charge in [-0.1, -0.05) is 30.3 Å². The number of hydrogen-bond acceptors (Lipinski definition) is 0. The van der Waals surface area contributed by atoms with Crippen molar-refractivity contribution in [3.63, 3.8) is 0 Å². The van der Waals surface area contributed by atoms with Gasteiger partial charge in [0, 0.05) is 12.5 Å². The van der Waals surface area contributed by atoms with Crippen molar-refractivity contribution in [1.29, 1.82) is 0 Å². The molecule has 0 saturated heterocycles. The predicted molar refractivity (Wildman–Crippen MR) is 41.5 cm³/mol. The molecule has 0 fully saturated rings. The van der Waals surface area contributed by atoms with Gasteiger partial charge in [-0.25, -0.2) is 6.57 Å². The summed E-state index contributed by atoms with van der Waals surface area (Å²) in [7, 11) is 0. The highest BCUT2D eigenvalue weighted by molar-refractivity contribution is 5.20. The summed E-state index contributed by atoms with van der Waals surface area (Å²) >= 11 is 0. The van der Waals surface area contributed by atoms with Crippen LogP contribution >= 0.6 is 0 Å². The van der Waals surface area contributed by atoms with E-state index in [0.717, 1.165) is 5.56 Å². The fourth-order valence-electron chi connectivity index (χ4n) is 0.806. The number of hydrogen-bond donors (Lipinski definition) is 0. The molecule has 0 amide bonds. The lowest BCUT2D eigenvalue weighted by molar-refractivity contribution is 0.962. The third-order valence-corrected chi connectivity index (χ3v) is 1.48. The number of nitrogens with zero attached hydrogens (tertiary/aromatic N) is 1. The van der Waals surface area contributed by atoms with E-state index in [1.165, 1.54) is 0 Å². The Hall–Kier alpha value is -1.29. The first kappa shape index (κ1) is 6.82. The summed E-state index contributed by atoms with van der Waals surface area (Å²) in [4.78, 5) is 3.41. The highest BCUT2D eigenvalue weighted by Gasteiger charge is 2.04. The van der Waals surface area contributed by atoms with E-state index in [1.807, 2.05) is 37.3 Å². The molecule has 0 radical (unpaired) electrons. The minimum Gasteiger partial charge on any atom is -0.309 e. The second kappa shape index (κ2) is 3.03. The Balaban J connectivity index is 2.88. The molecule has 0 spiro atoms. The van der Waals surface area contributed by atoms with Crippen LogP contribution in [0.25, 0.3) is 4.85 Å². The smallest absolute Gasteiger partial charge is 0.245 e. The number of benzene rings is 1. The molecule has 0 N–H and O–H groups in total. The maximum atomic E-state index is 6.77. The van der Waals surface area contributed by atoms with Crippen LogP contribution in [-0.2, 0) is 0 Å². The summed E-state index contributed by atoms with van der Waals surface area (Å²) in [5.41, 5.74) is 1.09. The Morgan fingerprint density at radius 2 is 1.90 bits per heavy atom. The van der Waals surface area contributed by atoms with Gasteiger partial charge in [-0.3, -0.25) is 0 Å². The molecule has 0 aliphatic carbocycles. The lowest BCUT2D eigenvalue weighted by Gasteiger charge is -1.95. The average molecular weight is 131 g/mol. The summed E-state index contributed by atoms with van der Waals surface area (Å²) in [6, 6.07) is 9.82. The largest absolute Gasteiger partial charge is 0.309 e. The van der Waals surface area contributed by atoms with Gasteiger partial charge in [0.1, 0.15) is 0 Å². The third-order valence-electron chi connectivity index (χ3n) is 1.48. The van der Waals surface area contributed by atoms with Crippen LogP contribution in [0.5, 0.6) is 0 Å². The molecule has 0 saturated carbocycles. The highest BCUT2D eigenvalue weighted by atomic mass is 14.7. The Kier molecular flexibility index (Phi) is 2.07. The number of rotatable bonds is 1. The molecule has 0 aromatic heterocycles. The molecule has 1 rings (SSSR count). The van der Waals surface area contributed by atoms with Gasteiger partial charge < -0.3 is 4.85 Å². The molecule has 1 unspecified atom stereocenters. The van der Waals surface area contributed by atoms with Crippen molar-refractivity contribution in [3.8, 4) is 0 Å². The molecule has 0 aliphatic heterocycles. The third kappa shape index (κ3) is 1.35. The molecule has 1 heteroatoms. The van der Waals surface area contributed by atoms with Crippen molar-refractivity contribution in [2.24, 2.45) is 0 Å². The molecule has 1 nitrogen and oxygen atoms in total. The lowest BCUT2D eigenvalue weighted by atomic mass is 10.1. The minimum absolute atomic E-state index is 0.00111. The lowest BCUT2D eigenvalue weighted by Crippen LogP contribution is -1.83. The molecule has 0 bridgehead atoms. The fraction of sp³-hybridized carbons (Fsp3) is 0.222. The van der Waals surface area contributed by atoms with Crippen LogP contribution in [0.3, 0.4) is 0 Å². The molecular formula is C9H9N. The van der Waals surface area contributed by atoms with Crippen LogP contribution < -0.4 is 0 Å². The second-order valence-corrected chi connectivity index (χ2v) is 2.22. The molecular weight excluding hydrogens is 122 g/mol. The zero-order chi connectivity index (χ0) is 7.40. The monoisotopic (exact) mass is 131 g/mol. The highest BCUT2D eigenvalue weighted by Crippen LogP contribution is 2.14. The van der Waals surface area contributed by atoms with Crippen LogP contribution in [0.15, 0.2) is 30.3 Å². The molecule has 0 heterocycles. The van der Waals surface area contributed by atoms with E-state index in [4.69, 9.17) is 6.57 Å². The summed E-state index contributed by atoms with van der Waals surface area (Å²) in [6.07, 6.45) is 0. The maximum Gasteiger partial charge on any atom is 0.245 e. The van der Waals surface area contributed by atoms with Gasteiger partial charge in [-0.2, -0.15) is 0 Å². The second-order valence-electron chi connectivity index (χ2n) is 2.22. The molecule has 0 aliphatic rings. The SMILES string of the molecule is [C-]#[N+]C(C)c1ccccc1. The van der Waals surface area contributed by atoms with Crippen LogP contribution in [0.2, 0.25) is 0 Å². The first-order valence-corrected chi connectivity index (χ1v) is 3.26. The fourth-order valence-corrected chi connectivity index (χ4v) is 0.806. The maximum absolute atomic E-state index is 6.77. The van der Waals surface area contributed by atoms with Crippen molar-refractivity contribution < 1.29 is 0 Å². The van der Waals surface area contributed by atoms with Gasteiger partial charge in [0.2, 0.25) is 6.04 Å². The Labute approximate surface area is 61.1 Å². The van der Waals surface area contributed by atoms with E-state index in [2.05, 4.69) is 4.85 Å². The molecule has 1 aromatic rings. The standard InChI is InChI=1S/C9H9N/c1-8(10-2)9-6-4-3-5-7-9/h3-8H,1H3. The average Bonchev–Trinajstić information content (AvgIpc) is 2.05. The summed E-state index contributed by atoms with van der Waals surface area (Å²) in [5.74, 6) is 0. The minimum atomic E-state index is 0.00111. The van der Waals surface area contributed by atoms with E-state index < -0.39 is 0 Å². The Morgan fingerprint density at radius 1 is 1.30 bits per heavy atom. The molecule has 1 atom stereocenters. The summed E-state index contributed by atoms with van der Waals surface area (Å²) < 4.78 is 0. The topological polar surface area (TPSA) is 4.36 Å². The van der Waals surface area contributed by atoms with Gasteiger partial charge in [0.15, 0.2) is 0 Å². The van der Waals surface area contributed by atoms with Crippen molar-refractivity contribution >= 4 is 0 Å². The first-order valence-electron chi connectivity index (χ1n) is 3.26. The quantitative estimate of drug-likeness (QED) is 0.516. The van der Waals surface area contributed by atoms with E-state index in [1.54, 1.807) is 0 Å². The molecule has 50 valence electrons. The predicted octanol–water partition coefficient (Wildman–Crippen LogP) is 2.67. The van der Waals surface area contributed by atoms with Crippen molar-refractivity contribution in [3.05, 3.63) is 47.3 Å². The van der Waals surface area contributed by atoms with Gasteiger partial charge in [-0.05, 0) is 0 Å². The summed E-state index contributed by atoms with van der Waals surface area (Å²) in [6.45, 7) is 8.68. The summed E-state index contributed by atoms with van der Waals surface area (Å²) in [5, 5.41) is 0.